The molecule has 1 aromatic rings. The van der Waals surface area contributed by atoms with Crippen LogP contribution in [-0.4, -0.2) is 4.98 Å². The normalized spacial score (nSPS) is 11.7. The molecular weight excluding hydrogens is 207 g/mol. The van der Waals surface area contributed by atoms with Gasteiger partial charge in [-0.25, -0.2) is 0 Å². The van der Waals surface area contributed by atoms with Gasteiger partial charge in [-0.05, 0) is 5.56 Å². The molecule has 0 saturated heterocycles. The predicted octanol–water partition coefficient (Wildman–Crippen LogP) is 2.13. The number of nitrogens with one attached hydrogen (secondary N) is 1. The average molecular weight is 212 g/mol. The van der Waals surface area contributed by atoms with Crippen LogP contribution in [0.5, 0.6) is 0 Å². The van der Waals surface area contributed by atoms with Crippen LogP contribution in [0.3, 0.4) is 0 Å². The van der Waals surface area contributed by atoms with Crippen LogP contribution in [-0.2, 0) is 12.1 Å². The van der Waals surface area contributed by atoms with Crippen LogP contribution < -0.4 is 5.56 Å². The summed E-state index contributed by atoms with van der Waals surface area (Å²) in [6.45, 7) is 0. The second-order valence-corrected chi connectivity index (χ2v) is 2.63. The average Bonchev–Trinajstić information content (AvgIpc) is 2.03. The van der Waals surface area contributed by atoms with Gasteiger partial charge in [0.1, 0.15) is 0 Å². The fourth-order valence-corrected chi connectivity index (χ4v) is 1.10. The van der Waals surface area contributed by atoms with Gasteiger partial charge in [-0.15, -0.1) is 11.6 Å². The zero-order valence-electron chi connectivity index (χ0n) is 6.28. The molecule has 1 aromatic heterocycles. The Morgan fingerprint density at radius 2 is 2.08 bits per heavy atom. The van der Waals surface area contributed by atoms with E-state index in [9.17, 15) is 18.0 Å². The lowest BCUT2D eigenvalue weighted by Gasteiger charge is -2.09. The summed E-state index contributed by atoms with van der Waals surface area (Å²) in [6.07, 6.45) is -3.56. The van der Waals surface area contributed by atoms with E-state index in [0.717, 1.165) is 6.20 Å². The molecule has 1 rings (SSSR count). The molecule has 0 bridgehead atoms. The monoisotopic (exact) mass is 211 g/mol. The van der Waals surface area contributed by atoms with Crippen LogP contribution in [0.2, 0.25) is 0 Å². The van der Waals surface area contributed by atoms with E-state index in [0.29, 0.717) is 6.07 Å². The highest BCUT2D eigenvalue weighted by molar-refractivity contribution is 6.17. The van der Waals surface area contributed by atoms with Gasteiger partial charge >= 0.3 is 6.18 Å². The first-order chi connectivity index (χ1) is 5.95. The largest absolute Gasteiger partial charge is 0.416 e. The van der Waals surface area contributed by atoms with Crippen LogP contribution in [0.1, 0.15) is 11.1 Å². The van der Waals surface area contributed by atoms with E-state index in [4.69, 9.17) is 11.6 Å². The highest BCUT2D eigenvalue weighted by atomic mass is 35.5. The summed E-state index contributed by atoms with van der Waals surface area (Å²) in [5.41, 5.74) is -1.90. The number of hydrogen-bond donors (Lipinski definition) is 1. The van der Waals surface area contributed by atoms with Gasteiger partial charge in [0, 0.05) is 18.1 Å². The Morgan fingerprint density at radius 3 is 2.54 bits per heavy atom. The first-order valence-electron chi connectivity index (χ1n) is 3.30. The maximum absolute atomic E-state index is 12.2. The van der Waals surface area contributed by atoms with E-state index < -0.39 is 17.3 Å². The fourth-order valence-electron chi connectivity index (χ4n) is 0.876. The number of halogens is 4. The lowest BCUT2D eigenvalue weighted by molar-refractivity contribution is -0.138. The van der Waals surface area contributed by atoms with Crippen LogP contribution in [0, 0.1) is 0 Å². The zero-order valence-corrected chi connectivity index (χ0v) is 7.04. The van der Waals surface area contributed by atoms with Crippen molar-refractivity contribution in [2.24, 2.45) is 0 Å². The minimum atomic E-state index is -4.53. The second-order valence-electron chi connectivity index (χ2n) is 2.37. The Balaban J connectivity index is 3.32. The Bertz CT molecular complexity index is 357. The molecule has 0 atom stereocenters. The van der Waals surface area contributed by atoms with Crippen molar-refractivity contribution in [2.75, 3.05) is 0 Å². The van der Waals surface area contributed by atoms with Gasteiger partial charge in [-0.3, -0.25) is 4.79 Å². The Morgan fingerprint density at radius 1 is 1.46 bits per heavy atom. The smallest absolute Gasteiger partial charge is 0.329 e. The van der Waals surface area contributed by atoms with Crippen LogP contribution >= 0.6 is 11.6 Å². The zero-order chi connectivity index (χ0) is 10.1. The van der Waals surface area contributed by atoms with Gasteiger partial charge in [-0.1, -0.05) is 0 Å². The van der Waals surface area contributed by atoms with Crippen molar-refractivity contribution >= 4 is 11.6 Å². The molecule has 0 aliphatic rings. The molecule has 0 spiro atoms. The molecule has 2 nitrogen and oxygen atoms in total. The maximum atomic E-state index is 12.2. The van der Waals surface area contributed by atoms with Crippen molar-refractivity contribution in [1.82, 2.24) is 4.98 Å². The molecule has 0 amide bonds. The van der Waals surface area contributed by atoms with E-state index >= 15 is 0 Å². The standard InChI is InChI=1S/C7H5ClF3NO/c8-2-4-3-12-6(13)1-5(4)7(9,10)11/h1,3H,2H2,(H,12,13). The molecule has 0 fully saturated rings. The van der Waals surface area contributed by atoms with E-state index in [2.05, 4.69) is 4.98 Å². The van der Waals surface area contributed by atoms with E-state index in [1.54, 1.807) is 0 Å². The topological polar surface area (TPSA) is 32.9 Å². The molecule has 13 heavy (non-hydrogen) atoms. The second kappa shape index (κ2) is 3.41. The predicted molar refractivity (Wildman–Crippen MR) is 41.6 cm³/mol. The number of aromatic amines is 1. The molecule has 0 aromatic carbocycles. The number of pyridine rings is 1. The third-order valence-corrected chi connectivity index (χ3v) is 1.75. The number of alkyl halides is 4. The SMILES string of the molecule is O=c1cc(C(F)(F)F)c(CCl)c[nH]1. The first kappa shape index (κ1) is 10.1. The van der Waals surface area contributed by atoms with Gasteiger partial charge in [0.15, 0.2) is 0 Å². The molecule has 0 aliphatic carbocycles. The van der Waals surface area contributed by atoms with Crippen LogP contribution in [0.25, 0.3) is 0 Å². The maximum Gasteiger partial charge on any atom is 0.416 e. The van der Waals surface area contributed by atoms with Crippen LogP contribution in [0.15, 0.2) is 17.1 Å². The summed E-state index contributed by atoms with van der Waals surface area (Å²) in [7, 11) is 0. The van der Waals surface area contributed by atoms with E-state index in [1.807, 2.05) is 0 Å². The van der Waals surface area contributed by atoms with Gasteiger partial charge in [-0.2, -0.15) is 13.2 Å². The quantitative estimate of drug-likeness (QED) is 0.710. The lowest BCUT2D eigenvalue weighted by atomic mass is 10.1. The minimum Gasteiger partial charge on any atom is -0.329 e. The lowest BCUT2D eigenvalue weighted by Crippen LogP contribution is -2.15. The van der Waals surface area contributed by atoms with Crippen molar-refractivity contribution in [1.29, 1.82) is 0 Å². The molecule has 0 unspecified atom stereocenters. The third-order valence-electron chi connectivity index (χ3n) is 1.46. The Hall–Kier alpha value is -0.970. The Kier molecular flexibility index (Phi) is 2.66. The molecule has 0 radical (unpaired) electrons. The van der Waals surface area contributed by atoms with Crippen molar-refractivity contribution < 1.29 is 13.2 Å². The Labute approximate surface area is 76.3 Å². The van der Waals surface area contributed by atoms with Crippen molar-refractivity contribution in [3.63, 3.8) is 0 Å². The number of H-pyrrole nitrogens is 1. The number of hydrogen-bond acceptors (Lipinski definition) is 1. The summed E-state index contributed by atoms with van der Waals surface area (Å²) < 4.78 is 36.6. The minimum absolute atomic E-state index is 0.131. The summed E-state index contributed by atoms with van der Waals surface area (Å²) >= 11 is 5.27. The first-order valence-corrected chi connectivity index (χ1v) is 3.83. The van der Waals surface area contributed by atoms with Crippen LogP contribution in [0.4, 0.5) is 13.2 Å². The summed E-state index contributed by atoms with van der Waals surface area (Å²) in [5.74, 6) is -0.286. The van der Waals surface area contributed by atoms with Gasteiger partial charge in [0.25, 0.3) is 0 Å². The van der Waals surface area contributed by atoms with Crippen molar-refractivity contribution in [3.05, 3.63) is 33.7 Å². The van der Waals surface area contributed by atoms with Crippen molar-refractivity contribution in [2.45, 2.75) is 12.1 Å². The van der Waals surface area contributed by atoms with E-state index in [1.165, 1.54) is 0 Å². The molecule has 1 heterocycles. The van der Waals surface area contributed by atoms with Gasteiger partial charge in [0.2, 0.25) is 5.56 Å². The van der Waals surface area contributed by atoms with Gasteiger partial charge in [0.05, 0.1) is 5.56 Å². The molecule has 0 saturated carbocycles. The molecule has 0 aliphatic heterocycles. The summed E-state index contributed by atoms with van der Waals surface area (Å²) in [5, 5.41) is 0. The van der Waals surface area contributed by atoms with Crippen molar-refractivity contribution in [3.8, 4) is 0 Å². The molecule has 72 valence electrons. The summed E-state index contributed by atoms with van der Waals surface area (Å²) in [4.78, 5) is 12.7. The molecule has 6 heteroatoms. The molecule has 1 N–H and O–H groups in total. The fraction of sp³-hybridized carbons (Fsp3) is 0.286. The highest BCUT2D eigenvalue weighted by Crippen LogP contribution is 2.31. The van der Waals surface area contributed by atoms with Gasteiger partial charge < -0.3 is 4.98 Å². The number of aromatic nitrogens is 1. The van der Waals surface area contributed by atoms with E-state index in [-0.39, 0.29) is 11.4 Å². The third kappa shape index (κ3) is 2.24. The summed E-state index contributed by atoms with van der Waals surface area (Å²) in [6, 6.07) is 0.498. The molecular formula is C7H5ClF3NO. The highest BCUT2D eigenvalue weighted by Gasteiger charge is 2.33. The number of rotatable bonds is 1.